The Morgan fingerprint density at radius 1 is 0.974 bits per heavy atom. The van der Waals surface area contributed by atoms with Gasteiger partial charge in [0.1, 0.15) is 11.6 Å². The van der Waals surface area contributed by atoms with Crippen LogP contribution in [0.4, 0.5) is 8.78 Å². The van der Waals surface area contributed by atoms with E-state index in [1.165, 1.54) is 12.1 Å². The van der Waals surface area contributed by atoms with Gasteiger partial charge in [-0.1, -0.05) is 26.8 Å². The topological polar surface area (TPSA) is 52.7 Å². The Kier molecular flexibility index (Phi) is 9.56. The van der Waals surface area contributed by atoms with E-state index in [1.807, 2.05) is 4.90 Å². The fourth-order valence-electron chi connectivity index (χ4n) is 6.92. The van der Waals surface area contributed by atoms with Crippen molar-refractivity contribution in [1.82, 2.24) is 15.1 Å². The Hall–Kier alpha value is -2.02. The maximum Gasteiger partial charge on any atom is 0.227 e. The smallest absolute Gasteiger partial charge is 0.227 e. The zero-order valence-corrected chi connectivity index (χ0v) is 25.7. The first-order valence-electron chi connectivity index (χ1n) is 14.6. The average Bonchev–Trinajstić information content (AvgIpc) is 3.22. The molecule has 2 fully saturated rings. The maximum absolute atomic E-state index is 14.9. The molecule has 1 N–H and O–H groups in total. The quantitative estimate of drug-likeness (QED) is 0.431. The van der Waals surface area contributed by atoms with Crippen molar-refractivity contribution in [3.63, 3.8) is 0 Å². The first kappa shape index (κ1) is 31.5. The van der Waals surface area contributed by atoms with E-state index >= 15 is 0 Å². The van der Waals surface area contributed by atoms with Crippen molar-refractivity contribution in [1.29, 1.82) is 0 Å². The van der Waals surface area contributed by atoms with E-state index in [1.54, 1.807) is 6.92 Å². The predicted molar refractivity (Wildman–Crippen MR) is 153 cm³/mol. The van der Waals surface area contributed by atoms with Crippen LogP contribution < -0.4 is 5.32 Å². The summed E-state index contributed by atoms with van der Waals surface area (Å²) in [6.45, 7) is 21.4. The summed E-state index contributed by atoms with van der Waals surface area (Å²) in [6, 6.07) is 3.74. The Labute approximate surface area is 235 Å². The molecule has 2 amide bonds. The predicted octanol–water partition coefficient (Wildman–Crippen LogP) is 6.37. The number of nitrogens with zero attached hydrogens (tertiary/aromatic N) is 2. The molecule has 0 bridgehead atoms. The molecule has 1 aromatic carbocycles. The molecule has 0 aliphatic carbocycles. The maximum atomic E-state index is 14.9. The van der Waals surface area contributed by atoms with Gasteiger partial charge in [-0.2, -0.15) is 0 Å². The summed E-state index contributed by atoms with van der Waals surface area (Å²) in [7, 11) is 0. The van der Waals surface area contributed by atoms with E-state index < -0.39 is 11.6 Å². The second-order valence-corrected chi connectivity index (χ2v) is 14.9. The Balaban J connectivity index is 1.75. The van der Waals surface area contributed by atoms with Gasteiger partial charge >= 0.3 is 0 Å². The summed E-state index contributed by atoms with van der Waals surface area (Å²) in [5, 5.41) is 3.12. The first-order valence-corrected chi connectivity index (χ1v) is 14.6. The average molecular weight is 548 g/mol. The summed E-state index contributed by atoms with van der Waals surface area (Å²) < 4.78 is 28.6. The standard InChI is InChI=1S/C32H51F2N3O2/c1-21(38)35-32(8,9)18-23(17-30(2,3)4)22-12-14-36(15-13-22)29(39)27-20-37(31(5,6)7)19-26(27)25-11-10-24(33)16-28(25)34/h10-11,16,22-23,26-27H,12-15,17-20H2,1-9H3,(H,35,38)/t23?,26-,27+/m1/s1. The van der Waals surface area contributed by atoms with Gasteiger partial charge in [0.25, 0.3) is 0 Å². The van der Waals surface area contributed by atoms with Gasteiger partial charge in [-0.25, -0.2) is 8.78 Å². The van der Waals surface area contributed by atoms with Crippen LogP contribution in [0.3, 0.4) is 0 Å². The summed E-state index contributed by atoms with van der Waals surface area (Å²) in [4.78, 5) is 30.0. The lowest BCUT2D eigenvalue weighted by atomic mass is 9.70. The van der Waals surface area contributed by atoms with Crippen molar-refractivity contribution in [2.75, 3.05) is 26.2 Å². The molecule has 220 valence electrons. The normalized spacial score (nSPS) is 22.7. The van der Waals surface area contributed by atoms with E-state index in [-0.39, 0.29) is 40.1 Å². The fourth-order valence-corrected chi connectivity index (χ4v) is 6.92. The summed E-state index contributed by atoms with van der Waals surface area (Å²) in [6.07, 6.45) is 3.81. The van der Waals surface area contributed by atoms with Gasteiger partial charge in [0.05, 0.1) is 5.92 Å². The van der Waals surface area contributed by atoms with Crippen molar-refractivity contribution in [3.05, 3.63) is 35.4 Å². The van der Waals surface area contributed by atoms with Crippen molar-refractivity contribution in [3.8, 4) is 0 Å². The molecule has 5 nitrogen and oxygen atoms in total. The van der Waals surface area contributed by atoms with Gasteiger partial charge in [0.2, 0.25) is 11.8 Å². The SMILES string of the molecule is CC(=O)NC(C)(C)CC(CC(C)(C)C)C1CCN(C(=O)[C@H]2CN(C(C)(C)C)C[C@@H]2c2ccc(F)cc2F)CC1. The first-order chi connectivity index (χ1) is 17.9. The number of hydrogen-bond acceptors (Lipinski definition) is 3. The van der Waals surface area contributed by atoms with Crippen LogP contribution >= 0.6 is 0 Å². The van der Waals surface area contributed by atoms with E-state index in [0.717, 1.165) is 31.7 Å². The van der Waals surface area contributed by atoms with Crippen LogP contribution in [0.2, 0.25) is 0 Å². The number of piperidine rings is 1. The van der Waals surface area contributed by atoms with Gasteiger partial charge in [0, 0.05) is 56.2 Å². The third kappa shape index (κ3) is 8.48. The molecule has 2 heterocycles. The third-order valence-electron chi connectivity index (χ3n) is 8.63. The summed E-state index contributed by atoms with van der Waals surface area (Å²) >= 11 is 0. The molecule has 1 aromatic rings. The van der Waals surface area contributed by atoms with E-state index in [9.17, 15) is 18.4 Å². The zero-order valence-electron chi connectivity index (χ0n) is 25.7. The summed E-state index contributed by atoms with van der Waals surface area (Å²) in [5.41, 5.74) is 0.150. The number of amides is 2. The van der Waals surface area contributed by atoms with Crippen molar-refractivity contribution >= 4 is 11.8 Å². The van der Waals surface area contributed by atoms with Crippen LogP contribution in [0.25, 0.3) is 0 Å². The third-order valence-corrected chi connectivity index (χ3v) is 8.63. The number of benzene rings is 1. The van der Waals surface area contributed by atoms with Crippen LogP contribution in [0.5, 0.6) is 0 Å². The highest BCUT2D eigenvalue weighted by Crippen LogP contribution is 2.41. The number of hydrogen-bond donors (Lipinski definition) is 1. The number of carbonyl (C=O) groups excluding carboxylic acids is 2. The molecule has 2 saturated heterocycles. The lowest BCUT2D eigenvalue weighted by Gasteiger charge is -2.42. The monoisotopic (exact) mass is 547 g/mol. The Bertz CT molecular complexity index is 1020. The van der Waals surface area contributed by atoms with Crippen molar-refractivity contribution in [2.24, 2.45) is 23.2 Å². The van der Waals surface area contributed by atoms with Gasteiger partial charge in [-0.05, 0) is 89.2 Å². The van der Waals surface area contributed by atoms with Gasteiger partial charge < -0.3 is 10.2 Å². The van der Waals surface area contributed by atoms with Crippen LogP contribution in [0, 0.1) is 34.8 Å². The molecular weight excluding hydrogens is 496 g/mol. The van der Waals surface area contributed by atoms with Crippen LogP contribution in [-0.2, 0) is 9.59 Å². The molecule has 0 aromatic heterocycles. The molecule has 1 unspecified atom stereocenters. The molecule has 0 saturated carbocycles. The van der Waals surface area contributed by atoms with Crippen LogP contribution in [-0.4, -0.2) is 58.9 Å². The highest BCUT2D eigenvalue weighted by molar-refractivity contribution is 5.81. The molecule has 7 heteroatoms. The number of nitrogens with one attached hydrogen (secondary N) is 1. The molecule has 0 radical (unpaired) electrons. The Morgan fingerprint density at radius 3 is 2.10 bits per heavy atom. The second kappa shape index (κ2) is 11.8. The minimum absolute atomic E-state index is 0.0112. The zero-order chi connectivity index (χ0) is 29.3. The fraction of sp³-hybridized carbons (Fsp3) is 0.750. The number of likely N-dealkylation sites (tertiary alicyclic amines) is 2. The number of carbonyl (C=O) groups is 2. The molecule has 2 aliphatic heterocycles. The minimum Gasteiger partial charge on any atom is -0.351 e. The highest BCUT2D eigenvalue weighted by atomic mass is 19.1. The van der Waals surface area contributed by atoms with Crippen molar-refractivity contribution in [2.45, 2.75) is 105 Å². The van der Waals surface area contributed by atoms with E-state index in [2.05, 4.69) is 65.6 Å². The molecule has 3 atom stereocenters. The van der Waals surface area contributed by atoms with Crippen LogP contribution in [0.15, 0.2) is 18.2 Å². The Morgan fingerprint density at radius 2 is 1.59 bits per heavy atom. The second-order valence-electron chi connectivity index (χ2n) is 14.9. The molecule has 39 heavy (non-hydrogen) atoms. The lowest BCUT2D eigenvalue weighted by Crippen LogP contribution is -2.48. The highest BCUT2D eigenvalue weighted by Gasteiger charge is 2.45. The summed E-state index contributed by atoms with van der Waals surface area (Å²) in [5.74, 6) is -0.846. The largest absolute Gasteiger partial charge is 0.351 e. The van der Waals surface area contributed by atoms with E-state index in [0.29, 0.717) is 43.6 Å². The number of halogens is 2. The van der Waals surface area contributed by atoms with Gasteiger partial charge in [-0.15, -0.1) is 0 Å². The van der Waals surface area contributed by atoms with E-state index in [4.69, 9.17) is 0 Å². The number of rotatable bonds is 7. The molecule has 2 aliphatic rings. The minimum atomic E-state index is -0.599. The van der Waals surface area contributed by atoms with Crippen LogP contribution in [0.1, 0.15) is 99.5 Å². The lowest BCUT2D eigenvalue weighted by molar-refractivity contribution is -0.137. The van der Waals surface area contributed by atoms with Gasteiger partial charge in [-0.3, -0.25) is 14.5 Å². The molecular formula is C32H51F2N3O2. The van der Waals surface area contributed by atoms with Crippen molar-refractivity contribution < 1.29 is 18.4 Å². The van der Waals surface area contributed by atoms with Gasteiger partial charge in [0.15, 0.2) is 0 Å². The molecule has 0 spiro atoms. The molecule has 3 rings (SSSR count).